The molecule has 0 spiro atoms. The molecule has 0 saturated heterocycles. The number of nitrogens with one attached hydrogen (secondary N) is 3. The molecule has 1 heterocycles. The Morgan fingerprint density at radius 2 is 1.65 bits per heavy atom. The van der Waals surface area contributed by atoms with Crippen molar-refractivity contribution < 1.29 is 12.8 Å². The van der Waals surface area contributed by atoms with Crippen LogP contribution in [0, 0.1) is 19.7 Å². The van der Waals surface area contributed by atoms with Gasteiger partial charge >= 0.3 is 5.69 Å². The van der Waals surface area contributed by atoms with E-state index in [1.807, 2.05) is 0 Å². The number of anilines is 1. The standard InChI is InChI=1S/C15H14FN3O3S/c1-8-6-12-13(18-15(20)17-12)7-11(8)19-23(21,22)14-4-3-10(16)5-9(14)2/h3-7,19H,1-2H3,(H2,17,18,20). The highest BCUT2D eigenvalue weighted by atomic mass is 32.2. The number of aromatic amines is 2. The number of sulfonamides is 1. The van der Waals surface area contributed by atoms with Gasteiger partial charge in [-0.15, -0.1) is 0 Å². The summed E-state index contributed by atoms with van der Waals surface area (Å²) in [4.78, 5) is 16.5. The maximum absolute atomic E-state index is 13.2. The number of rotatable bonds is 3. The van der Waals surface area contributed by atoms with Crippen molar-refractivity contribution in [1.29, 1.82) is 0 Å². The second kappa shape index (κ2) is 5.24. The lowest BCUT2D eigenvalue weighted by atomic mass is 10.2. The molecule has 0 fully saturated rings. The Labute approximate surface area is 131 Å². The minimum atomic E-state index is -3.86. The molecule has 8 heteroatoms. The number of aromatic nitrogens is 2. The van der Waals surface area contributed by atoms with Gasteiger partial charge in [-0.2, -0.15) is 0 Å². The molecule has 0 unspecified atom stereocenters. The molecule has 23 heavy (non-hydrogen) atoms. The second-order valence-corrected chi connectivity index (χ2v) is 6.96. The number of hydrogen-bond donors (Lipinski definition) is 3. The van der Waals surface area contributed by atoms with Gasteiger partial charge in [-0.1, -0.05) is 0 Å². The summed E-state index contributed by atoms with van der Waals surface area (Å²) in [6.07, 6.45) is 0. The Hall–Kier alpha value is -2.61. The van der Waals surface area contributed by atoms with Gasteiger partial charge in [0.2, 0.25) is 0 Å². The lowest BCUT2D eigenvalue weighted by molar-refractivity contribution is 0.598. The van der Waals surface area contributed by atoms with Gasteiger partial charge in [0.1, 0.15) is 5.82 Å². The second-order valence-electron chi connectivity index (χ2n) is 5.31. The van der Waals surface area contributed by atoms with Crippen LogP contribution in [0.2, 0.25) is 0 Å². The van der Waals surface area contributed by atoms with Crippen LogP contribution in [0.15, 0.2) is 40.0 Å². The molecule has 6 nitrogen and oxygen atoms in total. The van der Waals surface area contributed by atoms with Crippen molar-refractivity contribution >= 4 is 26.7 Å². The lowest BCUT2D eigenvalue weighted by Gasteiger charge is -2.12. The summed E-state index contributed by atoms with van der Waals surface area (Å²) in [5, 5.41) is 0. The van der Waals surface area contributed by atoms with E-state index in [1.165, 1.54) is 13.0 Å². The van der Waals surface area contributed by atoms with E-state index in [2.05, 4.69) is 14.7 Å². The van der Waals surface area contributed by atoms with Crippen LogP contribution in [-0.4, -0.2) is 18.4 Å². The van der Waals surface area contributed by atoms with Crippen LogP contribution in [0.3, 0.4) is 0 Å². The van der Waals surface area contributed by atoms with Gasteiger partial charge in [-0.3, -0.25) is 4.72 Å². The minimum absolute atomic E-state index is 0.000888. The Morgan fingerprint density at radius 1 is 1.00 bits per heavy atom. The molecule has 2 aromatic carbocycles. The molecular weight excluding hydrogens is 321 g/mol. The predicted octanol–water partition coefficient (Wildman–Crippen LogP) is 2.41. The number of aryl methyl sites for hydroxylation is 2. The van der Waals surface area contributed by atoms with E-state index >= 15 is 0 Å². The molecule has 0 aliphatic heterocycles. The average molecular weight is 335 g/mol. The first-order valence-electron chi connectivity index (χ1n) is 6.78. The van der Waals surface area contributed by atoms with Crippen molar-refractivity contribution in [1.82, 2.24) is 9.97 Å². The molecule has 0 amide bonds. The summed E-state index contributed by atoms with van der Waals surface area (Å²) in [6.45, 7) is 3.25. The average Bonchev–Trinajstić information content (AvgIpc) is 2.77. The number of benzene rings is 2. The quantitative estimate of drug-likeness (QED) is 0.686. The molecule has 1 aromatic heterocycles. The zero-order chi connectivity index (χ0) is 16.8. The van der Waals surface area contributed by atoms with E-state index in [9.17, 15) is 17.6 Å². The molecule has 0 saturated carbocycles. The highest BCUT2D eigenvalue weighted by Crippen LogP contribution is 2.25. The monoisotopic (exact) mass is 335 g/mol. The van der Waals surface area contributed by atoms with Crippen molar-refractivity contribution in [2.75, 3.05) is 4.72 Å². The number of imidazole rings is 1. The van der Waals surface area contributed by atoms with Crippen LogP contribution < -0.4 is 10.4 Å². The van der Waals surface area contributed by atoms with Gasteiger partial charge in [-0.25, -0.2) is 17.6 Å². The topological polar surface area (TPSA) is 94.8 Å². The number of halogens is 1. The van der Waals surface area contributed by atoms with Crippen LogP contribution in [0.25, 0.3) is 11.0 Å². The van der Waals surface area contributed by atoms with Crippen molar-refractivity contribution in [3.05, 3.63) is 57.8 Å². The summed E-state index contributed by atoms with van der Waals surface area (Å²) in [5.74, 6) is -0.496. The maximum Gasteiger partial charge on any atom is 0.323 e. The van der Waals surface area contributed by atoms with E-state index in [-0.39, 0.29) is 10.6 Å². The van der Waals surface area contributed by atoms with E-state index in [1.54, 1.807) is 19.1 Å². The first-order chi connectivity index (χ1) is 10.8. The SMILES string of the molecule is Cc1cc2[nH]c(=O)[nH]c2cc1NS(=O)(=O)c1ccc(F)cc1C. The Balaban J connectivity index is 2.06. The summed E-state index contributed by atoms with van der Waals surface area (Å²) in [6, 6.07) is 6.69. The molecule has 0 bridgehead atoms. The zero-order valence-corrected chi connectivity index (χ0v) is 13.2. The molecule has 3 aromatic rings. The van der Waals surface area contributed by atoms with Gasteiger partial charge in [-0.05, 0) is 55.3 Å². The van der Waals surface area contributed by atoms with E-state index in [0.717, 1.165) is 12.1 Å². The van der Waals surface area contributed by atoms with Crippen LogP contribution in [0.1, 0.15) is 11.1 Å². The van der Waals surface area contributed by atoms with Crippen molar-refractivity contribution in [2.24, 2.45) is 0 Å². The van der Waals surface area contributed by atoms with Gasteiger partial charge in [0.05, 0.1) is 21.6 Å². The summed E-state index contributed by atoms with van der Waals surface area (Å²) < 4.78 is 40.7. The Kier molecular flexibility index (Phi) is 3.48. The van der Waals surface area contributed by atoms with E-state index in [0.29, 0.717) is 27.8 Å². The fraction of sp³-hybridized carbons (Fsp3) is 0.133. The highest BCUT2D eigenvalue weighted by Gasteiger charge is 2.18. The number of hydrogen-bond acceptors (Lipinski definition) is 3. The molecule has 0 atom stereocenters. The molecule has 0 aliphatic rings. The third-order valence-electron chi connectivity index (χ3n) is 3.53. The molecular formula is C15H14FN3O3S. The molecule has 0 aliphatic carbocycles. The van der Waals surface area contributed by atoms with Crippen molar-refractivity contribution in [3.8, 4) is 0 Å². The third kappa shape index (κ3) is 2.85. The number of H-pyrrole nitrogens is 2. The Bertz CT molecular complexity index is 1070. The Morgan fingerprint density at radius 3 is 2.30 bits per heavy atom. The van der Waals surface area contributed by atoms with Gasteiger partial charge in [0.15, 0.2) is 0 Å². The summed E-state index contributed by atoms with van der Waals surface area (Å²) in [5.41, 5.74) is 2.02. The van der Waals surface area contributed by atoms with E-state index < -0.39 is 15.8 Å². The van der Waals surface area contributed by atoms with Crippen molar-refractivity contribution in [2.45, 2.75) is 18.7 Å². The van der Waals surface area contributed by atoms with Gasteiger partial charge in [0.25, 0.3) is 10.0 Å². The smallest absolute Gasteiger partial charge is 0.306 e. The van der Waals surface area contributed by atoms with Crippen LogP contribution in [0.4, 0.5) is 10.1 Å². The first kappa shape index (κ1) is 15.3. The lowest BCUT2D eigenvalue weighted by Crippen LogP contribution is -2.15. The van der Waals surface area contributed by atoms with Crippen LogP contribution >= 0.6 is 0 Å². The largest absolute Gasteiger partial charge is 0.323 e. The van der Waals surface area contributed by atoms with Crippen molar-refractivity contribution in [3.63, 3.8) is 0 Å². The number of fused-ring (bicyclic) bond motifs is 1. The molecule has 3 rings (SSSR count). The fourth-order valence-electron chi connectivity index (χ4n) is 2.41. The van der Waals surface area contributed by atoms with Gasteiger partial charge < -0.3 is 9.97 Å². The fourth-order valence-corrected chi connectivity index (χ4v) is 3.76. The molecule has 0 radical (unpaired) electrons. The summed E-state index contributed by atoms with van der Waals surface area (Å²) >= 11 is 0. The van der Waals surface area contributed by atoms with E-state index in [4.69, 9.17) is 0 Å². The van der Waals surface area contributed by atoms with Crippen LogP contribution in [-0.2, 0) is 10.0 Å². The van der Waals surface area contributed by atoms with Crippen LogP contribution in [0.5, 0.6) is 0 Å². The minimum Gasteiger partial charge on any atom is -0.306 e. The highest BCUT2D eigenvalue weighted by molar-refractivity contribution is 7.92. The third-order valence-corrected chi connectivity index (χ3v) is 5.06. The summed E-state index contributed by atoms with van der Waals surface area (Å²) in [7, 11) is -3.86. The normalized spacial score (nSPS) is 11.8. The predicted molar refractivity (Wildman–Crippen MR) is 85.6 cm³/mol. The zero-order valence-electron chi connectivity index (χ0n) is 12.4. The maximum atomic E-state index is 13.2. The molecule has 120 valence electrons. The first-order valence-corrected chi connectivity index (χ1v) is 8.26. The molecule has 3 N–H and O–H groups in total. The van der Waals surface area contributed by atoms with Gasteiger partial charge in [0, 0.05) is 0 Å².